The summed E-state index contributed by atoms with van der Waals surface area (Å²) in [6.07, 6.45) is 0. The Balaban J connectivity index is 3.33. The molecule has 0 saturated heterocycles. The van der Waals surface area contributed by atoms with E-state index in [-0.39, 0.29) is 29.3 Å². The van der Waals surface area contributed by atoms with Gasteiger partial charge in [0.25, 0.3) is 5.69 Å². The molecule has 1 aromatic carbocycles. The Morgan fingerprint density at radius 1 is 1.53 bits per heavy atom. The monoisotopic (exact) mass is 240 g/mol. The minimum Gasteiger partial charge on any atom is -0.496 e. The summed E-state index contributed by atoms with van der Waals surface area (Å²) < 4.78 is 9.61. The third-order valence-corrected chi connectivity index (χ3v) is 2.06. The number of anilines is 1. The molecule has 17 heavy (non-hydrogen) atoms. The Bertz CT molecular complexity index is 458. The number of hydrogen-bond donors (Lipinski definition) is 1. The van der Waals surface area contributed by atoms with Crippen molar-refractivity contribution in [1.29, 1.82) is 0 Å². The van der Waals surface area contributed by atoms with Gasteiger partial charge in [0.2, 0.25) is 0 Å². The van der Waals surface area contributed by atoms with Crippen LogP contribution in [0.3, 0.4) is 0 Å². The van der Waals surface area contributed by atoms with E-state index >= 15 is 0 Å². The van der Waals surface area contributed by atoms with Gasteiger partial charge in [-0.05, 0) is 13.0 Å². The predicted octanol–water partition coefficient (Wildman–Crippen LogP) is 1.36. The van der Waals surface area contributed by atoms with Gasteiger partial charge >= 0.3 is 5.97 Å². The quantitative estimate of drug-likeness (QED) is 0.368. The fourth-order valence-electron chi connectivity index (χ4n) is 1.26. The number of nitrogen functional groups attached to an aromatic ring is 1. The molecule has 0 saturated carbocycles. The number of nitrogens with zero attached hydrogens (tertiary/aromatic N) is 1. The number of hydrogen-bond acceptors (Lipinski definition) is 6. The van der Waals surface area contributed by atoms with E-state index in [4.69, 9.17) is 15.2 Å². The molecule has 0 aliphatic carbocycles. The van der Waals surface area contributed by atoms with Gasteiger partial charge in [-0.25, -0.2) is 4.79 Å². The maximum absolute atomic E-state index is 11.5. The highest BCUT2D eigenvalue weighted by molar-refractivity contribution is 5.98. The lowest BCUT2D eigenvalue weighted by Crippen LogP contribution is -2.10. The van der Waals surface area contributed by atoms with E-state index < -0.39 is 10.9 Å². The van der Waals surface area contributed by atoms with Crippen molar-refractivity contribution >= 4 is 17.3 Å². The molecule has 2 N–H and O–H groups in total. The van der Waals surface area contributed by atoms with E-state index in [1.807, 2.05) is 0 Å². The van der Waals surface area contributed by atoms with Gasteiger partial charge in [-0.1, -0.05) is 0 Å². The molecule has 0 atom stereocenters. The van der Waals surface area contributed by atoms with E-state index in [1.54, 1.807) is 6.92 Å². The molecule has 0 aliphatic rings. The summed E-state index contributed by atoms with van der Waals surface area (Å²) in [5, 5.41) is 10.7. The first-order valence-corrected chi connectivity index (χ1v) is 4.80. The highest BCUT2D eigenvalue weighted by atomic mass is 16.6. The van der Waals surface area contributed by atoms with Crippen LogP contribution < -0.4 is 10.5 Å². The molecule has 7 nitrogen and oxygen atoms in total. The zero-order chi connectivity index (χ0) is 13.0. The van der Waals surface area contributed by atoms with Gasteiger partial charge in [-0.3, -0.25) is 10.1 Å². The molecule has 7 heteroatoms. The largest absolute Gasteiger partial charge is 0.496 e. The van der Waals surface area contributed by atoms with Gasteiger partial charge in [-0.15, -0.1) is 0 Å². The Morgan fingerprint density at radius 2 is 2.18 bits per heavy atom. The topological polar surface area (TPSA) is 105 Å². The normalized spacial score (nSPS) is 9.76. The molecule has 0 heterocycles. The standard InChI is InChI=1S/C10H12N2O5/c1-3-17-10(13)7-4-6(16-2)5-8(9(7)11)12(14)15/h4-5H,3,11H2,1-2H3. The van der Waals surface area contributed by atoms with Gasteiger partial charge in [0.15, 0.2) is 0 Å². The van der Waals surface area contributed by atoms with Crippen LogP contribution in [0.5, 0.6) is 5.75 Å². The van der Waals surface area contributed by atoms with Crippen molar-refractivity contribution in [3.63, 3.8) is 0 Å². The van der Waals surface area contributed by atoms with Crippen LogP contribution in [0.4, 0.5) is 11.4 Å². The maximum atomic E-state index is 11.5. The third-order valence-electron chi connectivity index (χ3n) is 2.06. The molecule has 0 amide bonds. The summed E-state index contributed by atoms with van der Waals surface area (Å²) in [6.45, 7) is 1.78. The number of nitro groups is 1. The van der Waals surface area contributed by atoms with Crippen LogP contribution in [-0.2, 0) is 4.74 Å². The van der Waals surface area contributed by atoms with Gasteiger partial charge < -0.3 is 15.2 Å². The number of benzene rings is 1. The van der Waals surface area contributed by atoms with Crippen molar-refractivity contribution in [2.75, 3.05) is 19.5 Å². The first kappa shape index (κ1) is 12.8. The fourth-order valence-corrected chi connectivity index (χ4v) is 1.26. The molecular weight excluding hydrogens is 228 g/mol. The average molecular weight is 240 g/mol. The van der Waals surface area contributed by atoms with E-state index in [9.17, 15) is 14.9 Å². The Hall–Kier alpha value is -2.31. The van der Waals surface area contributed by atoms with Gasteiger partial charge in [0.1, 0.15) is 11.4 Å². The van der Waals surface area contributed by atoms with Crippen LogP contribution >= 0.6 is 0 Å². The second-order valence-electron chi connectivity index (χ2n) is 3.09. The van der Waals surface area contributed by atoms with E-state index in [0.29, 0.717) is 0 Å². The first-order valence-electron chi connectivity index (χ1n) is 4.80. The smallest absolute Gasteiger partial charge is 0.340 e. The highest BCUT2D eigenvalue weighted by Gasteiger charge is 2.22. The molecular formula is C10H12N2O5. The Kier molecular flexibility index (Phi) is 3.86. The minimum atomic E-state index is -0.716. The first-order chi connectivity index (χ1) is 8.01. The van der Waals surface area contributed by atoms with Gasteiger partial charge in [0, 0.05) is 0 Å². The number of carbonyl (C=O) groups excluding carboxylic acids is 1. The molecule has 0 spiro atoms. The fraction of sp³-hybridized carbons (Fsp3) is 0.300. The number of carbonyl (C=O) groups is 1. The molecule has 1 rings (SSSR count). The number of nitro benzene ring substituents is 1. The van der Waals surface area contributed by atoms with Crippen LogP contribution in [0.25, 0.3) is 0 Å². The highest BCUT2D eigenvalue weighted by Crippen LogP contribution is 2.31. The Morgan fingerprint density at radius 3 is 2.65 bits per heavy atom. The van der Waals surface area contributed by atoms with Crippen molar-refractivity contribution in [2.45, 2.75) is 6.92 Å². The molecule has 0 radical (unpaired) electrons. The van der Waals surface area contributed by atoms with Crippen LogP contribution in [0.15, 0.2) is 12.1 Å². The van der Waals surface area contributed by atoms with Crippen molar-refractivity contribution in [2.24, 2.45) is 0 Å². The summed E-state index contributed by atoms with van der Waals surface area (Å²) in [6, 6.07) is 2.46. The van der Waals surface area contributed by atoms with Gasteiger partial charge in [-0.2, -0.15) is 0 Å². The van der Waals surface area contributed by atoms with Crippen molar-refractivity contribution in [3.8, 4) is 5.75 Å². The van der Waals surface area contributed by atoms with Crippen molar-refractivity contribution in [3.05, 3.63) is 27.8 Å². The second-order valence-corrected chi connectivity index (χ2v) is 3.09. The number of esters is 1. The maximum Gasteiger partial charge on any atom is 0.340 e. The number of nitrogens with two attached hydrogens (primary N) is 1. The molecule has 1 aromatic rings. The number of methoxy groups -OCH3 is 1. The lowest BCUT2D eigenvalue weighted by Gasteiger charge is -2.08. The van der Waals surface area contributed by atoms with Crippen LogP contribution in [0, 0.1) is 10.1 Å². The third kappa shape index (κ3) is 2.63. The van der Waals surface area contributed by atoms with Crippen molar-refractivity contribution in [1.82, 2.24) is 0 Å². The molecule has 92 valence electrons. The summed E-state index contributed by atoms with van der Waals surface area (Å²) in [5.74, 6) is -0.541. The zero-order valence-corrected chi connectivity index (χ0v) is 9.43. The average Bonchev–Trinajstić information content (AvgIpc) is 2.29. The number of rotatable bonds is 4. The number of ether oxygens (including phenoxy) is 2. The van der Waals surface area contributed by atoms with Crippen LogP contribution in [-0.4, -0.2) is 24.6 Å². The van der Waals surface area contributed by atoms with Crippen molar-refractivity contribution < 1.29 is 19.2 Å². The van der Waals surface area contributed by atoms with Crippen LogP contribution in [0.1, 0.15) is 17.3 Å². The summed E-state index contributed by atoms with van der Waals surface area (Å²) in [4.78, 5) is 21.6. The summed E-state index contributed by atoms with van der Waals surface area (Å²) in [5.41, 5.74) is 4.86. The summed E-state index contributed by atoms with van der Waals surface area (Å²) in [7, 11) is 1.34. The molecule has 0 aliphatic heterocycles. The van der Waals surface area contributed by atoms with E-state index in [0.717, 1.165) is 6.07 Å². The van der Waals surface area contributed by atoms with Gasteiger partial charge in [0.05, 0.1) is 30.3 Å². The predicted molar refractivity (Wildman–Crippen MR) is 60.0 cm³/mol. The van der Waals surface area contributed by atoms with E-state index in [2.05, 4.69) is 0 Å². The molecule has 0 fully saturated rings. The SMILES string of the molecule is CCOC(=O)c1cc(OC)cc([N+](=O)[O-])c1N. The molecule has 0 bridgehead atoms. The van der Waals surface area contributed by atoms with E-state index in [1.165, 1.54) is 13.2 Å². The summed E-state index contributed by atoms with van der Waals surface area (Å²) >= 11 is 0. The lowest BCUT2D eigenvalue weighted by atomic mass is 10.1. The second kappa shape index (κ2) is 5.15. The Labute approximate surface area is 97.3 Å². The minimum absolute atomic E-state index is 0.0714. The zero-order valence-electron chi connectivity index (χ0n) is 9.43. The lowest BCUT2D eigenvalue weighted by molar-refractivity contribution is -0.384. The molecule has 0 aromatic heterocycles. The molecule has 0 unspecified atom stereocenters. The van der Waals surface area contributed by atoms with Crippen LogP contribution in [0.2, 0.25) is 0 Å².